The smallest absolute Gasteiger partial charge is 0.422 e. The van der Waals surface area contributed by atoms with E-state index in [0.717, 1.165) is 4.90 Å². The molecule has 0 fully saturated rings. The average Bonchev–Trinajstić information content (AvgIpc) is 2.34. The highest BCUT2D eigenvalue weighted by Crippen LogP contribution is 2.17. The van der Waals surface area contributed by atoms with Crippen LogP contribution >= 0.6 is 0 Å². The van der Waals surface area contributed by atoms with Crippen molar-refractivity contribution in [2.45, 2.75) is 6.18 Å². The van der Waals surface area contributed by atoms with Crippen LogP contribution in [0.4, 0.5) is 23.7 Å². The lowest BCUT2D eigenvalue weighted by Crippen LogP contribution is -2.30. The van der Waals surface area contributed by atoms with E-state index in [9.17, 15) is 18.0 Å². The molecule has 0 unspecified atom stereocenters. The van der Waals surface area contributed by atoms with E-state index >= 15 is 0 Å². The Labute approximate surface area is 101 Å². The van der Waals surface area contributed by atoms with Gasteiger partial charge in [0.15, 0.2) is 6.61 Å². The van der Waals surface area contributed by atoms with Gasteiger partial charge in [0.25, 0.3) is 0 Å². The molecular weight excluding hydrogens is 249 g/mol. The summed E-state index contributed by atoms with van der Waals surface area (Å²) < 4.78 is 39.6. The van der Waals surface area contributed by atoms with Crippen molar-refractivity contribution >= 4 is 11.8 Å². The van der Waals surface area contributed by atoms with Crippen LogP contribution in [0.5, 0.6) is 0 Å². The van der Waals surface area contributed by atoms with E-state index in [2.05, 4.69) is 4.74 Å². The van der Waals surface area contributed by atoms with Crippen LogP contribution in [0.1, 0.15) is 5.56 Å². The summed E-state index contributed by atoms with van der Waals surface area (Å²) in [5, 5.41) is 8.57. The molecule has 1 aromatic rings. The molecule has 7 heteroatoms. The number of carbonyl (C=O) groups is 1. The second kappa shape index (κ2) is 5.40. The highest BCUT2D eigenvalue weighted by Gasteiger charge is 2.30. The summed E-state index contributed by atoms with van der Waals surface area (Å²) in [6, 6.07) is 7.65. The normalized spacial score (nSPS) is 10.6. The number of rotatable bonds is 2. The van der Waals surface area contributed by atoms with Gasteiger partial charge in [-0.1, -0.05) is 0 Å². The SMILES string of the molecule is CN(C(=O)OCC(F)(F)F)c1ccc(C#N)cc1. The molecule has 0 radical (unpaired) electrons. The molecule has 0 saturated heterocycles. The molecule has 0 heterocycles. The van der Waals surface area contributed by atoms with Crippen molar-refractivity contribution in [2.24, 2.45) is 0 Å². The molecule has 1 rings (SSSR count). The number of nitriles is 1. The number of amides is 1. The first kappa shape index (κ1) is 13.8. The summed E-state index contributed by atoms with van der Waals surface area (Å²) in [6.07, 6.45) is -5.67. The number of carbonyl (C=O) groups excluding carboxylic acids is 1. The highest BCUT2D eigenvalue weighted by molar-refractivity contribution is 5.86. The van der Waals surface area contributed by atoms with Crippen LogP contribution in [0.3, 0.4) is 0 Å². The molecule has 0 N–H and O–H groups in total. The van der Waals surface area contributed by atoms with Gasteiger partial charge in [0.1, 0.15) is 0 Å². The van der Waals surface area contributed by atoms with Gasteiger partial charge in [-0.05, 0) is 24.3 Å². The van der Waals surface area contributed by atoms with Gasteiger partial charge in [-0.3, -0.25) is 4.90 Å². The third-order valence-corrected chi connectivity index (χ3v) is 2.02. The molecule has 18 heavy (non-hydrogen) atoms. The van der Waals surface area contributed by atoms with E-state index in [0.29, 0.717) is 11.3 Å². The Bertz CT molecular complexity index is 463. The number of benzene rings is 1. The highest BCUT2D eigenvalue weighted by atomic mass is 19.4. The van der Waals surface area contributed by atoms with Gasteiger partial charge in [0.05, 0.1) is 11.6 Å². The van der Waals surface area contributed by atoms with Crippen LogP contribution in [0.25, 0.3) is 0 Å². The minimum Gasteiger partial charge on any atom is -0.440 e. The monoisotopic (exact) mass is 258 g/mol. The second-order valence-electron chi connectivity index (χ2n) is 3.39. The molecule has 4 nitrogen and oxygen atoms in total. The van der Waals surface area contributed by atoms with Crippen molar-refractivity contribution in [3.8, 4) is 6.07 Å². The minimum atomic E-state index is -4.55. The molecule has 96 valence electrons. The maximum absolute atomic E-state index is 11.8. The van der Waals surface area contributed by atoms with Crippen LogP contribution in [0, 0.1) is 11.3 Å². The summed E-state index contributed by atoms with van der Waals surface area (Å²) in [4.78, 5) is 12.2. The fraction of sp³-hybridized carbons (Fsp3) is 0.273. The summed E-state index contributed by atoms with van der Waals surface area (Å²) in [7, 11) is 1.28. The zero-order valence-corrected chi connectivity index (χ0v) is 9.36. The largest absolute Gasteiger partial charge is 0.440 e. The van der Waals surface area contributed by atoms with E-state index in [-0.39, 0.29) is 0 Å². The number of hydrogen-bond donors (Lipinski definition) is 0. The van der Waals surface area contributed by atoms with Gasteiger partial charge >= 0.3 is 12.3 Å². The van der Waals surface area contributed by atoms with Gasteiger partial charge in [0.2, 0.25) is 0 Å². The second-order valence-corrected chi connectivity index (χ2v) is 3.39. The molecule has 0 saturated carbocycles. The lowest BCUT2D eigenvalue weighted by Gasteiger charge is -2.17. The number of alkyl halides is 3. The van der Waals surface area contributed by atoms with Gasteiger partial charge < -0.3 is 4.74 Å². The predicted octanol–water partition coefficient (Wildman–Crippen LogP) is 2.69. The molecule has 0 bridgehead atoms. The molecule has 0 spiro atoms. The first-order valence-corrected chi connectivity index (χ1v) is 4.81. The zero-order chi connectivity index (χ0) is 13.8. The molecule has 0 aromatic heterocycles. The van der Waals surface area contributed by atoms with Crippen LogP contribution in [-0.2, 0) is 4.74 Å². The molecule has 0 aliphatic carbocycles. The van der Waals surface area contributed by atoms with Crippen molar-refractivity contribution in [3.05, 3.63) is 29.8 Å². The number of nitrogens with zero attached hydrogens (tertiary/aromatic N) is 2. The minimum absolute atomic E-state index is 0.334. The summed E-state index contributed by atoms with van der Waals surface area (Å²) in [5.41, 5.74) is 0.719. The number of ether oxygens (including phenoxy) is 1. The van der Waals surface area contributed by atoms with Crippen molar-refractivity contribution in [3.63, 3.8) is 0 Å². The average molecular weight is 258 g/mol. The van der Waals surface area contributed by atoms with Crippen molar-refractivity contribution in [1.82, 2.24) is 0 Å². The Morgan fingerprint density at radius 1 is 1.39 bits per heavy atom. The Morgan fingerprint density at radius 3 is 2.39 bits per heavy atom. The maximum Gasteiger partial charge on any atom is 0.422 e. The summed E-state index contributed by atoms with van der Waals surface area (Å²) in [5.74, 6) is 0. The number of halogens is 3. The number of hydrogen-bond acceptors (Lipinski definition) is 3. The fourth-order valence-electron chi connectivity index (χ4n) is 1.11. The van der Waals surface area contributed by atoms with Gasteiger partial charge in [-0.15, -0.1) is 0 Å². The third-order valence-electron chi connectivity index (χ3n) is 2.02. The van der Waals surface area contributed by atoms with E-state index < -0.39 is 18.9 Å². The lowest BCUT2D eigenvalue weighted by atomic mass is 10.2. The first-order valence-electron chi connectivity index (χ1n) is 4.81. The standard InChI is InChI=1S/C11H9F3N2O2/c1-16(10(17)18-7-11(12,13)14)9-4-2-8(6-15)3-5-9/h2-5H,7H2,1H3. The summed E-state index contributed by atoms with van der Waals surface area (Å²) >= 11 is 0. The molecular formula is C11H9F3N2O2. The molecule has 0 atom stereocenters. The van der Waals surface area contributed by atoms with E-state index in [1.54, 1.807) is 0 Å². The fourth-order valence-corrected chi connectivity index (χ4v) is 1.11. The molecule has 0 aliphatic rings. The van der Waals surface area contributed by atoms with Crippen molar-refractivity contribution in [1.29, 1.82) is 5.26 Å². The van der Waals surface area contributed by atoms with Gasteiger partial charge in [-0.25, -0.2) is 4.79 Å². The van der Waals surface area contributed by atoms with Crippen molar-refractivity contribution < 1.29 is 22.7 Å². The van der Waals surface area contributed by atoms with Crippen LogP contribution < -0.4 is 4.90 Å². The summed E-state index contributed by atoms with van der Waals surface area (Å²) in [6.45, 7) is -1.63. The zero-order valence-electron chi connectivity index (χ0n) is 9.36. The van der Waals surface area contributed by atoms with Crippen molar-refractivity contribution in [2.75, 3.05) is 18.6 Å². The number of anilines is 1. The quantitative estimate of drug-likeness (QED) is 0.819. The molecule has 1 aromatic carbocycles. The first-order chi connectivity index (χ1) is 8.33. The third kappa shape index (κ3) is 3.97. The van der Waals surface area contributed by atoms with E-state index in [4.69, 9.17) is 5.26 Å². The van der Waals surface area contributed by atoms with Gasteiger partial charge in [0, 0.05) is 12.7 Å². The van der Waals surface area contributed by atoms with E-state index in [1.165, 1.54) is 31.3 Å². The Morgan fingerprint density at radius 2 is 1.94 bits per heavy atom. The predicted molar refractivity (Wildman–Crippen MR) is 57.0 cm³/mol. The van der Waals surface area contributed by atoms with E-state index in [1.807, 2.05) is 6.07 Å². The molecule has 1 amide bonds. The topological polar surface area (TPSA) is 53.3 Å². The Kier molecular flexibility index (Phi) is 4.15. The maximum atomic E-state index is 11.8. The van der Waals surface area contributed by atoms with Gasteiger partial charge in [-0.2, -0.15) is 18.4 Å². The van der Waals surface area contributed by atoms with Crippen LogP contribution in [0.2, 0.25) is 0 Å². The lowest BCUT2D eigenvalue weighted by molar-refractivity contribution is -0.159. The van der Waals surface area contributed by atoms with Crippen LogP contribution in [-0.4, -0.2) is 25.9 Å². The Balaban J connectivity index is 2.66. The Hall–Kier alpha value is -2.23. The van der Waals surface area contributed by atoms with Crippen LogP contribution in [0.15, 0.2) is 24.3 Å². The molecule has 0 aliphatic heterocycles.